The van der Waals surface area contributed by atoms with Crippen molar-refractivity contribution in [2.75, 3.05) is 47.5 Å². The molecule has 0 N–H and O–H groups in total. The van der Waals surface area contributed by atoms with Crippen LogP contribution in [0.2, 0.25) is 0 Å². The van der Waals surface area contributed by atoms with Gasteiger partial charge in [-0.2, -0.15) is 0 Å². The first kappa shape index (κ1) is 47.0. The molecule has 48 heavy (non-hydrogen) atoms. The minimum absolute atomic E-state index is 0.0265. The third kappa shape index (κ3) is 34.9. The molecule has 0 saturated heterocycles. The first-order valence-corrected chi connectivity index (χ1v) is 21.2. The predicted octanol–water partition coefficient (Wildman–Crippen LogP) is 9.83. The lowest BCUT2D eigenvalue weighted by molar-refractivity contribution is -0.870. The van der Waals surface area contributed by atoms with Crippen LogP contribution in [0.4, 0.5) is 0 Å². The van der Waals surface area contributed by atoms with Gasteiger partial charge in [0.05, 0.1) is 27.7 Å². The zero-order valence-corrected chi connectivity index (χ0v) is 32.8. The minimum Gasteiger partial charge on any atom is -0.756 e. The summed E-state index contributed by atoms with van der Waals surface area (Å²) in [5.41, 5.74) is 0. The summed E-state index contributed by atoms with van der Waals surface area (Å²) in [7, 11) is 1.18. The predicted molar refractivity (Wildman–Crippen MR) is 195 cm³/mol. The van der Waals surface area contributed by atoms with Crippen molar-refractivity contribution in [1.29, 1.82) is 0 Å². The van der Waals surface area contributed by atoms with Crippen LogP contribution in [-0.2, 0) is 32.7 Å². The van der Waals surface area contributed by atoms with Gasteiger partial charge in [-0.3, -0.25) is 14.2 Å². The van der Waals surface area contributed by atoms with Crippen LogP contribution in [0.25, 0.3) is 0 Å². The fourth-order valence-electron chi connectivity index (χ4n) is 5.48. The number of carbonyl (C=O) groups excluding carboxylic acids is 2. The van der Waals surface area contributed by atoms with Gasteiger partial charge >= 0.3 is 11.9 Å². The summed E-state index contributed by atoms with van der Waals surface area (Å²) in [6.07, 6.45) is 28.7. The Kier molecular flexibility index (Phi) is 31.3. The standard InChI is InChI=1S/C38H76NO8P/c1-6-8-10-12-14-15-16-17-18-19-20-21-22-23-24-25-27-29-31-38(41)47-36(34-44-37(40)30-28-26-13-11-9-7-2)35-46-48(42,43)45-33-32-39(3,4)5/h36H,6-35H2,1-5H3. The Morgan fingerprint density at radius 3 is 1.33 bits per heavy atom. The SMILES string of the molecule is CCCCCCCCCCCCCCCCCCCCC(=O)OC(COC(=O)CCCCCCCC)COP(=O)([O-])OCC[N+](C)(C)C. The van der Waals surface area contributed by atoms with Crippen molar-refractivity contribution >= 4 is 19.8 Å². The molecule has 0 saturated carbocycles. The van der Waals surface area contributed by atoms with Crippen LogP contribution < -0.4 is 4.89 Å². The summed E-state index contributed by atoms with van der Waals surface area (Å²) in [5.74, 6) is -0.835. The quantitative estimate of drug-likeness (QED) is 0.0274. The molecule has 2 unspecified atom stereocenters. The molecular weight excluding hydrogens is 629 g/mol. The first-order valence-electron chi connectivity index (χ1n) is 19.7. The molecule has 0 radical (unpaired) electrons. The first-order chi connectivity index (χ1) is 23.0. The van der Waals surface area contributed by atoms with Crippen LogP contribution in [0.3, 0.4) is 0 Å². The second kappa shape index (κ2) is 32.0. The van der Waals surface area contributed by atoms with Crippen molar-refractivity contribution in [3.63, 3.8) is 0 Å². The maximum atomic E-state index is 12.6. The normalized spacial score (nSPS) is 13.7. The molecule has 0 heterocycles. The van der Waals surface area contributed by atoms with E-state index in [4.69, 9.17) is 18.5 Å². The summed E-state index contributed by atoms with van der Waals surface area (Å²) in [5, 5.41) is 0. The Bertz CT molecular complexity index is 804. The van der Waals surface area contributed by atoms with Gasteiger partial charge in [0.25, 0.3) is 7.82 Å². The molecule has 9 nitrogen and oxygen atoms in total. The van der Waals surface area contributed by atoms with Crippen molar-refractivity contribution in [3.05, 3.63) is 0 Å². The minimum atomic E-state index is -4.60. The van der Waals surface area contributed by atoms with E-state index in [2.05, 4.69) is 13.8 Å². The molecule has 0 fully saturated rings. The zero-order valence-electron chi connectivity index (χ0n) is 32.0. The number of carbonyl (C=O) groups is 2. The molecule has 0 aromatic rings. The van der Waals surface area contributed by atoms with E-state index in [-0.39, 0.29) is 32.0 Å². The summed E-state index contributed by atoms with van der Waals surface area (Å²) in [6, 6.07) is 0. The molecule has 0 aromatic carbocycles. The number of nitrogens with zero attached hydrogens (tertiary/aromatic N) is 1. The molecule has 0 bridgehead atoms. The molecule has 286 valence electrons. The van der Waals surface area contributed by atoms with Gasteiger partial charge in [0.1, 0.15) is 19.8 Å². The maximum Gasteiger partial charge on any atom is 0.306 e. The number of hydrogen-bond acceptors (Lipinski definition) is 8. The molecule has 0 spiro atoms. The number of phosphoric ester groups is 1. The van der Waals surface area contributed by atoms with E-state index >= 15 is 0 Å². The highest BCUT2D eigenvalue weighted by Gasteiger charge is 2.21. The Morgan fingerprint density at radius 2 is 0.938 bits per heavy atom. The fourth-order valence-corrected chi connectivity index (χ4v) is 6.21. The molecule has 10 heteroatoms. The average Bonchev–Trinajstić information content (AvgIpc) is 3.02. The average molecular weight is 706 g/mol. The molecule has 2 atom stereocenters. The third-order valence-corrected chi connectivity index (χ3v) is 9.59. The molecule has 0 aromatic heterocycles. The third-order valence-electron chi connectivity index (χ3n) is 8.63. The maximum absolute atomic E-state index is 12.6. The van der Waals surface area contributed by atoms with Crippen LogP contribution in [0.15, 0.2) is 0 Å². The zero-order chi connectivity index (χ0) is 35.8. The second-order valence-electron chi connectivity index (χ2n) is 14.7. The van der Waals surface area contributed by atoms with E-state index in [0.717, 1.165) is 38.5 Å². The highest BCUT2D eigenvalue weighted by Crippen LogP contribution is 2.38. The number of phosphoric acid groups is 1. The lowest BCUT2D eigenvalue weighted by Gasteiger charge is -2.28. The van der Waals surface area contributed by atoms with Crippen LogP contribution in [-0.4, -0.2) is 70.0 Å². The molecule has 0 amide bonds. The van der Waals surface area contributed by atoms with Crippen LogP contribution in [0, 0.1) is 0 Å². The number of esters is 2. The molecule has 0 aliphatic carbocycles. The second-order valence-corrected chi connectivity index (χ2v) is 16.1. The number of quaternary nitrogens is 1. The number of unbranched alkanes of at least 4 members (excludes halogenated alkanes) is 22. The summed E-state index contributed by atoms with van der Waals surface area (Å²) in [4.78, 5) is 37.1. The smallest absolute Gasteiger partial charge is 0.306 e. The topological polar surface area (TPSA) is 111 Å². The summed E-state index contributed by atoms with van der Waals surface area (Å²) < 4.78 is 33.6. The highest BCUT2D eigenvalue weighted by atomic mass is 31.2. The number of rotatable bonds is 36. The summed E-state index contributed by atoms with van der Waals surface area (Å²) in [6.45, 7) is 4.17. The van der Waals surface area contributed by atoms with E-state index in [1.165, 1.54) is 109 Å². The Labute approximate surface area is 295 Å². The number of hydrogen-bond donors (Lipinski definition) is 0. The Hall–Kier alpha value is -0.990. The molecular formula is C38H76NO8P. The van der Waals surface area contributed by atoms with Gasteiger partial charge in [-0.15, -0.1) is 0 Å². The van der Waals surface area contributed by atoms with E-state index in [1.807, 2.05) is 21.1 Å². The summed E-state index contributed by atoms with van der Waals surface area (Å²) >= 11 is 0. The van der Waals surface area contributed by atoms with Crippen molar-refractivity contribution < 1.29 is 42.1 Å². The van der Waals surface area contributed by atoms with E-state index < -0.39 is 26.5 Å². The highest BCUT2D eigenvalue weighted by molar-refractivity contribution is 7.45. The van der Waals surface area contributed by atoms with Gasteiger partial charge in [0.2, 0.25) is 0 Å². The van der Waals surface area contributed by atoms with Crippen LogP contribution >= 0.6 is 7.82 Å². The molecule has 0 aliphatic rings. The Balaban J connectivity index is 4.23. The molecule has 0 aliphatic heterocycles. The number of likely N-dealkylation sites (N-methyl/N-ethyl adjacent to an activating group) is 1. The largest absolute Gasteiger partial charge is 0.756 e. The van der Waals surface area contributed by atoms with Gasteiger partial charge in [0.15, 0.2) is 6.10 Å². The monoisotopic (exact) mass is 706 g/mol. The van der Waals surface area contributed by atoms with Crippen molar-refractivity contribution in [2.45, 2.75) is 187 Å². The van der Waals surface area contributed by atoms with Gasteiger partial charge in [-0.25, -0.2) is 0 Å². The van der Waals surface area contributed by atoms with E-state index in [9.17, 15) is 19.0 Å². The lowest BCUT2D eigenvalue weighted by Crippen LogP contribution is -2.37. The molecule has 0 rings (SSSR count). The van der Waals surface area contributed by atoms with Crippen LogP contribution in [0.1, 0.15) is 181 Å². The van der Waals surface area contributed by atoms with E-state index in [0.29, 0.717) is 17.4 Å². The van der Waals surface area contributed by atoms with Gasteiger partial charge in [0, 0.05) is 12.8 Å². The van der Waals surface area contributed by atoms with Crippen molar-refractivity contribution in [2.24, 2.45) is 0 Å². The van der Waals surface area contributed by atoms with Crippen LogP contribution in [0.5, 0.6) is 0 Å². The van der Waals surface area contributed by atoms with Gasteiger partial charge in [-0.05, 0) is 12.8 Å². The van der Waals surface area contributed by atoms with Crippen molar-refractivity contribution in [3.8, 4) is 0 Å². The fraction of sp³-hybridized carbons (Fsp3) is 0.947. The Morgan fingerprint density at radius 1 is 0.562 bits per heavy atom. The lowest BCUT2D eigenvalue weighted by atomic mass is 10.0. The van der Waals surface area contributed by atoms with E-state index in [1.54, 1.807) is 0 Å². The van der Waals surface area contributed by atoms with Crippen molar-refractivity contribution in [1.82, 2.24) is 0 Å². The number of ether oxygens (including phenoxy) is 2. The van der Waals surface area contributed by atoms with Gasteiger partial charge in [-0.1, -0.05) is 155 Å². The van der Waals surface area contributed by atoms with Gasteiger partial charge < -0.3 is 27.9 Å².